The number of amides is 4. The third-order valence-corrected chi connectivity index (χ3v) is 6.82. The minimum Gasteiger partial charge on any atom is -0.333 e. The number of piperazine rings is 1. The Kier molecular flexibility index (Phi) is 7.06. The Morgan fingerprint density at radius 3 is 2.34 bits per heavy atom. The highest BCUT2D eigenvalue weighted by molar-refractivity contribution is 5.92. The molecule has 8 nitrogen and oxygen atoms in total. The van der Waals surface area contributed by atoms with Crippen LogP contribution in [0, 0.1) is 11.6 Å². The van der Waals surface area contributed by atoms with E-state index in [0.29, 0.717) is 5.56 Å². The van der Waals surface area contributed by atoms with Crippen LogP contribution in [-0.4, -0.2) is 64.0 Å². The Morgan fingerprint density at radius 1 is 0.974 bits per heavy atom. The van der Waals surface area contributed by atoms with Crippen molar-refractivity contribution in [2.24, 2.45) is 0 Å². The van der Waals surface area contributed by atoms with E-state index < -0.39 is 35.8 Å². The molecule has 0 spiro atoms. The van der Waals surface area contributed by atoms with Crippen molar-refractivity contribution in [1.82, 2.24) is 25.1 Å². The molecule has 0 aliphatic carbocycles. The van der Waals surface area contributed by atoms with Crippen LogP contribution in [0.5, 0.6) is 0 Å². The van der Waals surface area contributed by atoms with Crippen LogP contribution in [0.15, 0.2) is 78.9 Å². The molecule has 3 aromatic rings. The second kappa shape index (κ2) is 10.6. The maximum Gasteiger partial charge on any atom is 0.334 e. The van der Waals surface area contributed by atoms with Gasteiger partial charge in [-0.2, -0.15) is 0 Å². The van der Waals surface area contributed by atoms with Crippen LogP contribution in [0.4, 0.5) is 13.6 Å². The minimum atomic E-state index is -1.01. The van der Waals surface area contributed by atoms with Crippen LogP contribution in [0.3, 0.4) is 0 Å². The largest absolute Gasteiger partial charge is 0.334 e. The Labute approximate surface area is 219 Å². The number of hydrazine groups is 1. The van der Waals surface area contributed by atoms with Gasteiger partial charge >= 0.3 is 6.03 Å². The van der Waals surface area contributed by atoms with Gasteiger partial charge in [-0.25, -0.2) is 23.6 Å². The summed E-state index contributed by atoms with van der Waals surface area (Å²) in [6.45, 7) is -0.0154. The number of fused-ring (bicyclic) bond motifs is 1. The molecular weight excluding hydrogens is 492 g/mol. The van der Waals surface area contributed by atoms with E-state index in [0.717, 1.165) is 17.7 Å². The summed E-state index contributed by atoms with van der Waals surface area (Å²) in [6.07, 6.45) is -0.844. The SMILES string of the molecule is CN1CC(=O)N2C(CN(Cc3ccc(F)cc3F)C(=O)[C@@H]2c2ccccc2)N1C(=O)NCc1ccccc1. The summed E-state index contributed by atoms with van der Waals surface area (Å²) in [5.74, 6) is -2.20. The Balaban J connectivity index is 1.49. The van der Waals surface area contributed by atoms with E-state index >= 15 is 0 Å². The molecule has 10 heteroatoms. The molecule has 1 unspecified atom stereocenters. The van der Waals surface area contributed by atoms with Crippen LogP contribution in [0.2, 0.25) is 0 Å². The topological polar surface area (TPSA) is 76.2 Å². The zero-order valence-corrected chi connectivity index (χ0v) is 20.8. The van der Waals surface area contributed by atoms with Gasteiger partial charge in [-0.05, 0) is 17.2 Å². The summed E-state index contributed by atoms with van der Waals surface area (Å²) in [4.78, 5) is 43.4. The van der Waals surface area contributed by atoms with E-state index in [1.54, 1.807) is 37.4 Å². The molecule has 0 aromatic heterocycles. The summed E-state index contributed by atoms with van der Waals surface area (Å²) in [6, 6.07) is 20.0. The van der Waals surface area contributed by atoms with E-state index in [4.69, 9.17) is 0 Å². The smallest absolute Gasteiger partial charge is 0.333 e. The van der Waals surface area contributed by atoms with Gasteiger partial charge in [-0.1, -0.05) is 66.7 Å². The standard InChI is InChI=1S/C28H27F2N5O3/c1-32-18-25(36)34-24(35(32)28(38)31-15-19-8-4-2-5-9-19)17-33(16-21-12-13-22(29)14-23(21)30)27(37)26(34)20-10-6-3-7-11-20/h2-14,24,26H,15-18H2,1H3,(H,31,38)/t24?,26-/m0/s1. The van der Waals surface area contributed by atoms with Gasteiger partial charge in [-0.15, -0.1) is 0 Å². The van der Waals surface area contributed by atoms with E-state index in [1.165, 1.54) is 25.9 Å². The molecule has 196 valence electrons. The molecule has 0 saturated carbocycles. The first-order valence-electron chi connectivity index (χ1n) is 12.2. The van der Waals surface area contributed by atoms with Crippen LogP contribution >= 0.6 is 0 Å². The highest BCUT2D eigenvalue weighted by Gasteiger charge is 2.51. The first-order chi connectivity index (χ1) is 18.3. The predicted octanol–water partition coefficient (Wildman–Crippen LogP) is 3.28. The first kappa shape index (κ1) is 25.3. The maximum atomic E-state index is 14.6. The lowest BCUT2D eigenvalue weighted by atomic mass is 9.98. The van der Waals surface area contributed by atoms with Crippen molar-refractivity contribution in [3.63, 3.8) is 0 Å². The van der Waals surface area contributed by atoms with Crippen molar-refractivity contribution < 1.29 is 23.2 Å². The number of hydrogen-bond donors (Lipinski definition) is 1. The van der Waals surface area contributed by atoms with Crippen LogP contribution in [0.1, 0.15) is 22.7 Å². The highest BCUT2D eigenvalue weighted by atomic mass is 19.1. The number of nitrogens with one attached hydrogen (secondary N) is 1. The number of hydrogen-bond acceptors (Lipinski definition) is 4. The second-order valence-electron chi connectivity index (χ2n) is 9.35. The quantitative estimate of drug-likeness (QED) is 0.562. The summed E-state index contributed by atoms with van der Waals surface area (Å²) < 4.78 is 28.1. The van der Waals surface area contributed by atoms with Crippen molar-refractivity contribution >= 4 is 17.8 Å². The molecule has 0 radical (unpaired) electrons. The van der Waals surface area contributed by atoms with Crippen molar-refractivity contribution in [3.05, 3.63) is 107 Å². The number of halogens is 2. The van der Waals surface area contributed by atoms with Gasteiger partial charge in [-0.3, -0.25) is 9.59 Å². The van der Waals surface area contributed by atoms with Gasteiger partial charge in [0.2, 0.25) is 5.91 Å². The monoisotopic (exact) mass is 519 g/mol. The van der Waals surface area contributed by atoms with E-state index in [9.17, 15) is 23.2 Å². The average molecular weight is 520 g/mol. The van der Waals surface area contributed by atoms with Crippen molar-refractivity contribution in [2.45, 2.75) is 25.3 Å². The fourth-order valence-electron chi connectivity index (χ4n) is 5.01. The van der Waals surface area contributed by atoms with Gasteiger partial charge in [0.25, 0.3) is 5.91 Å². The molecular formula is C28H27F2N5O3. The molecule has 0 bridgehead atoms. The predicted molar refractivity (Wildman–Crippen MR) is 135 cm³/mol. The van der Waals surface area contributed by atoms with Gasteiger partial charge in [0.05, 0.1) is 13.1 Å². The molecule has 2 aliphatic heterocycles. The van der Waals surface area contributed by atoms with Gasteiger partial charge in [0.1, 0.15) is 23.8 Å². The summed E-state index contributed by atoms with van der Waals surface area (Å²) in [5, 5.41) is 5.85. The normalized spacial score (nSPS) is 19.9. The Bertz CT molecular complexity index is 1340. The first-order valence-corrected chi connectivity index (χ1v) is 12.2. The second-order valence-corrected chi connectivity index (χ2v) is 9.35. The molecule has 38 heavy (non-hydrogen) atoms. The van der Waals surface area contributed by atoms with Crippen LogP contribution in [-0.2, 0) is 22.7 Å². The van der Waals surface area contributed by atoms with E-state index in [2.05, 4.69) is 5.32 Å². The molecule has 2 saturated heterocycles. The van der Waals surface area contributed by atoms with Crippen LogP contribution in [0.25, 0.3) is 0 Å². The lowest BCUT2D eigenvalue weighted by Crippen LogP contribution is -2.73. The molecule has 2 fully saturated rings. The maximum absolute atomic E-state index is 14.6. The number of rotatable bonds is 5. The zero-order valence-electron chi connectivity index (χ0n) is 20.8. The number of urea groups is 1. The van der Waals surface area contributed by atoms with Crippen molar-refractivity contribution in [2.75, 3.05) is 20.1 Å². The Hall–Kier alpha value is -4.31. The average Bonchev–Trinajstić information content (AvgIpc) is 2.91. The lowest BCUT2D eigenvalue weighted by Gasteiger charge is -2.54. The molecule has 2 heterocycles. The van der Waals surface area contributed by atoms with Crippen molar-refractivity contribution in [3.8, 4) is 0 Å². The van der Waals surface area contributed by atoms with E-state index in [-0.39, 0.29) is 37.6 Å². The summed E-state index contributed by atoms with van der Waals surface area (Å²) >= 11 is 0. The summed E-state index contributed by atoms with van der Waals surface area (Å²) in [7, 11) is 1.63. The molecule has 3 aromatic carbocycles. The number of nitrogens with zero attached hydrogens (tertiary/aromatic N) is 4. The fraction of sp³-hybridized carbons (Fsp3) is 0.250. The van der Waals surface area contributed by atoms with Gasteiger partial charge in [0, 0.05) is 31.8 Å². The fourth-order valence-corrected chi connectivity index (χ4v) is 5.01. The van der Waals surface area contributed by atoms with Gasteiger partial charge in [0.15, 0.2) is 0 Å². The molecule has 4 amide bonds. The minimum absolute atomic E-state index is 0.0478. The number of carbonyl (C=O) groups is 3. The molecule has 1 N–H and O–H groups in total. The number of carbonyl (C=O) groups excluding carboxylic acids is 3. The third kappa shape index (κ3) is 4.95. The molecule has 5 rings (SSSR count). The van der Waals surface area contributed by atoms with Crippen molar-refractivity contribution in [1.29, 1.82) is 0 Å². The highest BCUT2D eigenvalue weighted by Crippen LogP contribution is 2.35. The Morgan fingerprint density at radius 2 is 1.66 bits per heavy atom. The van der Waals surface area contributed by atoms with Crippen LogP contribution < -0.4 is 5.32 Å². The number of benzene rings is 3. The summed E-state index contributed by atoms with van der Waals surface area (Å²) in [5.41, 5.74) is 1.62. The molecule has 2 aliphatic rings. The van der Waals surface area contributed by atoms with E-state index in [1.807, 2.05) is 30.3 Å². The number of likely N-dealkylation sites (N-methyl/N-ethyl adjacent to an activating group) is 1. The molecule has 2 atom stereocenters. The third-order valence-electron chi connectivity index (χ3n) is 6.82. The van der Waals surface area contributed by atoms with Gasteiger partial charge < -0.3 is 15.1 Å². The zero-order chi connectivity index (χ0) is 26.8. The lowest BCUT2D eigenvalue weighted by molar-refractivity contribution is -0.188.